The van der Waals surface area contributed by atoms with Gasteiger partial charge in [0.25, 0.3) is 0 Å². The maximum atomic E-state index is 11.9. The van der Waals surface area contributed by atoms with Gasteiger partial charge < -0.3 is 14.2 Å². The van der Waals surface area contributed by atoms with E-state index in [1.54, 1.807) is 31.4 Å². The summed E-state index contributed by atoms with van der Waals surface area (Å²) in [6, 6.07) is 18.5. The molecule has 0 radical (unpaired) electrons. The summed E-state index contributed by atoms with van der Waals surface area (Å²) in [6.45, 7) is -0.178. The van der Waals surface area contributed by atoms with Gasteiger partial charge in [0.05, 0.1) is 11.6 Å². The van der Waals surface area contributed by atoms with Crippen LogP contribution in [0.15, 0.2) is 65.1 Å². The van der Waals surface area contributed by atoms with Crippen molar-refractivity contribution in [2.75, 3.05) is 13.7 Å². The van der Waals surface area contributed by atoms with E-state index in [-0.39, 0.29) is 6.61 Å². The first kappa shape index (κ1) is 16.3. The van der Waals surface area contributed by atoms with Crippen LogP contribution in [0.1, 0.15) is 0 Å². The molecule has 3 rings (SSSR count). The van der Waals surface area contributed by atoms with Gasteiger partial charge in [-0.3, -0.25) is 0 Å². The zero-order valence-corrected chi connectivity index (χ0v) is 14.6. The van der Waals surface area contributed by atoms with Crippen molar-refractivity contribution in [2.45, 2.75) is 0 Å². The molecule has 0 heterocycles. The van der Waals surface area contributed by atoms with Gasteiger partial charge in [0.1, 0.15) is 17.2 Å². The van der Waals surface area contributed by atoms with Crippen molar-refractivity contribution >= 4 is 32.7 Å². The topological polar surface area (TPSA) is 44.8 Å². The summed E-state index contributed by atoms with van der Waals surface area (Å²) in [5, 5.41) is 2.12. The van der Waals surface area contributed by atoms with Crippen LogP contribution in [0.4, 0.5) is 0 Å². The molecule has 0 bridgehead atoms. The number of rotatable bonds is 5. The predicted molar refractivity (Wildman–Crippen MR) is 95.8 cm³/mol. The fourth-order valence-corrected chi connectivity index (χ4v) is 2.87. The molecule has 0 saturated heterocycles. The number of methoxy groups -OCH3 is 1. The molecule has 3 aromatic rings. The van der Waals surface area contributed by atoms with E-state index in [1.807, 2.05) is 36.4 Å². The van der Waals surface area contributed by atoms with Gasteiger partial charge in [0.15, 0.2) is 6.61 Å². The quantitative estimate of drug-likeness (QED) is 0.474. The Morgan fingerprint density at radius 2 is 1.67 bits per heavy atom. The molecule has 24 heavy (non-hydrogen) atoms. The van der Waals surface area contributed by atoms with Gasteiger partial charge in [0, 0.05) is 0 Å². The third-order valence-electron chi connectivity index (χ3n) is 3.46. The molecule has 0 unspecified atom stereocenters. The van der Waals surface area contributed by atoms with Gasteiger partial charge in [-0.15, -0.1) is 0 Å². The summed E-state index contributed by atoms with van der Waals surface area (Å²) < 4.78 is 16.7. The summed E-state index contributed by atoms with van der Waals surface area (Å²) in [5.41, 5.74) is 0. The number of fused-ring (bicyclic) bond motifs is 1. The smallest absolute Gasteiger partial charge is 0.349 e. The number of halogens is 1. The molecule has 5 heteroatoms. The highest BCUT2D eigenvalue weighted by Gasteiger charge is 2.10. The van der Waals surface area contributed by atoms with E-state index in [4.69, 9.17) is 14.2 Å². The third kappa shape index (κ3) is 3.68. The first-order chi connectivity index (χ1) is 11.7. The van der Waals surface area contributed by atoms with E-state index in [0.29, 0.717) is 17.2 Å². The van der Waals surface area contributed by atoms with Gasteiger partial charge in [0.2, 0.25) is 0 Å². The van der Waals surface area contributed by atoms with E-state index < -0.39 is 5.97 Å². The fourth-order valence-electron chi connectivity index (χ4n) is 2.27. The summed E-state index contributed by atoms with van der Waals surface area (Å²) in [5.74, 6) is 1.27. The fraction of sp³-hybridized carbons (Fsp3) is 0.105. The molecule has 0 atom stereocenters. The van der Waals surface area contributed by atoms with Crippen LogP contribution in [0.5, 0.6) is 17.2 Å². The Balaban J connectivity index is 1.64. The van der Waals surface area contributed by atoms with Gasteiger partial charge in [-0.2, -0.15) is 0 Å². The maximum absolute atomic E-state index is 11.9. The van der Waals surface area contributed by atoms with Gasteiger partial charge in [-0.25, -0.2) is 4.79 Å². The van der Waals surface area contributed by atoms with Crippen molar-refractivity contribution in [3.8, 4) is 17.2 Å². The Labute approximate surface area is 148 Å². The Hall–Kier alpha value is -2.53. The van der Waals surface area contributed by atoms with Crippen LogP contribution < -0.4 is 14.2 Å². The first-order valence-corrected chi connectivity index (χ1v) is 8.11. The molecular weight excluding hydrogens is 372 g/mol. The SMILES string of the molecule is COc1ccc(OC(=O)COc2ccc3ccccc3c2Br)cc1. The molecule has 0 aliphatic heterocycles. The van der Waals surface area contributed by atoms with Crippen LogP contribution in [0.2, 0.25) is 0 Å². The lowest BCUT2D eigenvalue weighted by molar-refractivity contribution is -0.136. The first-order valence-electron chi connectivity index (χ1n) is 7.32. The van der Waals surface area contributed by atoms with Crippen molar-refractivity contribution in [3.05, 3.63) is 65.1 Å². The van der Waals surface area contributed by atoms with Crippen molar-refractivity contribution in [1.82, 2.24) is 0 Å². The lowest BCUT2D eigenvalue weighted by atomic mass is 10.1. The second-order valence-electron chi connectivity index (χ2n) is 5.04. The number of carbonyl (C=O) groups is 1. The molecule has 0 aliphatic rings. The minimum absolute atomic E-state index is 0.178. The van der Waals surface area contributed by atoms with Crippen molar-refractivity contribution in [2.24, 2.45) is 0 Å². The average Bonchev–Trinajstić information content (AvgIpc) is 2.62. The summed E-state index contributed by atoms with van der Waals surface area (Å²) in [7, 11) is 1.58. The highest BCUT2D eigenvalue weighted by Crippen LogP contribution is 2.33. The molecule has 0 fully saturated rings. The standard InChI is InChI=1S/C19H15BrO4/c1-22-14-7-9-15(10-8-14)24-18(21)12-23-17-11-6-13-4-2-3-5-16(13)19(17)20/h2-11H,12H2,1H3. The monoisotopic (exact) mass is 386 g/mol. The van der Waals surface area contributed by atoms with E-state index in [2.05, 4.69) is 15.9 Å². The lowest BCUT2D eigenvalue weighted by Gasteiger charge is -2.10. The van der Waals surface area contributed by atoms with E-state index in [9.17, 15) is 4.79 Å². The molecule has 0 aromatic heterocycles. The van der Waals surface area contributed by atoms with Crippen LogP contribution in [0.25, 0.3) is 10.8 Å². The molecular formula is C19H15BrO4. The largest absolute Gasteiger partial charge is 0.497 e. The molecule has 0 amide bonds. The number of hydrogen-bond donors (Lipinski definition) is 0. The van der Waals surface area contributed by atoms with Crippen LogP contribution >= 0.6 is 15.9 Å². The van der Waals surface area contributed by atoms with E-state index >= 15 is 0 Å². The van der Waals surface area contributed by atoms with E-state index in [0.717, 1.165) is 15.2 Å². The second kappa shape index (κ2) is 7.36. The number of carbonyl (C=O) groups excluding carboxylic acids is 1. The number of ether oxygens (including phenoxy) is 3. The van der Waals surface area contributed by atoms with E-state index in [1.165, 1.54) is 0 Å². The molecule has 122 valence electrons. The van der Waals surface area contributed by atoms with Crippen LogP contribution in [0, 0.1) is 0 Å². The Kier molecular flexibility index (Phi) is 5.01. The van der Waals surface area contributed by atoms with Gasteiger partial charge >= 0.3 is 5.97 Å². The highest BCUT2D eigenvalue weighted by molar-refractivity contribution is 9.10. The maximum Gasteiger partial charge on any atom is 0.349 e. The molecule has 0 aliphatic carbocycles. The number of benzene rings is 3. The van der Waals surface area contributed by atoms with Crippen molar-refractivity contribution in [1.29, 1.82) is 0 Å². The van der Waals surface area contributed by atoms with Gasteiger partial charge in [-0.05, 0) is 57.0 Å². The van der Waals surface area contributed by atoms with Crippen molar-refractivity contribution in [3.63, 3.8) is 0 Å². The molecule has 3 aromatic carbocycles. The Bertz CT molecular complexity index is 859. The van der Waals surface area contributed by atoms with Crippen molar-refractivity contribution < 1.29 is 19.0 Å². The molecule has 0 N–H and O–H groups in total. The van der Waals surface area contributed by atoms with Crippen LogP contribution in [-0.2, 0) is 4.79 Å². The van der Waals surface area contributed by atoms with Crippen LogP contribution in [0.3, 0.4) is 0 Å². The lowest BCUT2D eigenvalue weighted by Crippen LogP contribution is -2.17. The highest BCUT2D eigenvalue weighted by atomic mass is 79.9. The Morgan fingerprint density at radius 1 is 0.958 bits per heavy atom. The average molecular weight is 387 g/mol. The number of hydrogen-bond acceptors (Lipinski definition) is 4. The third-order valence-corrected chi connectivity index (χ3v) is 4.28. The minimum atomic E-state index is -0.472. The summed E-state index contributed by atoms with van der Waals surface area (Å²) in [4.78, 5) is 11.9. The number of esters is 1. The molecule has 0 saturated carbocycles. The predicted octanol–water partition coefficient (Wildman–Crippen LogP) is 4.60. The minimum Gasteiger partial charge on any atom is -0.497 e. The second-order valence-corrected chi connectivity index (χ2v) is 5.83. The van der Waals surface area contributed by atoms with Crippen LogP contribution in [-0.4, -0.2) is 19.7 Å². The zero-order chi connectivity index (χ0) is 16.9. The normalized spacial score (nSPS) is 10.4. The summed E-state index contributed by atoms with van der Waals surface area (Å²) in [6.07, 6.45) is 0. The zero-order valence-electron chi connectivity index (χ0n) is 13.0. The Morgan fingerprint density at radius 3 is 2.42 bits per heavy atom. The van der Waals surface area contributed by atoms with Gasteiger partial charge in [-0.1, -0.05) is 30.3 Å². The summed E-state index contributed by atoms with van der Waals surface area (Å²) >= 11 is 3.52. The molecule has 0 spiro atoms. The molecule has 4 nitrogen and oxygen atoms in total.